The van der Waals surface area contributed by atoms with Gasteiger partial charge in [0.25, 0.3) is 0 Å². The summed E-state index contributed by atoms with van der Waals surface area (Å²) in [5.74, 6) is 1.18. The van der Waals surface area contributed by atoms with Gasteiger partial charge in [0.05, 0.1) is 7.11 Å². The quantitative estimate of drug-likeness (QED) is 0.726. The number of carbonyl (C=O) groups excluding carboxylic acids is 1. The Labute approximate surface area is 93.8 Å². The highest BCUT2D eigenvalue weighted by Crippen LogP contribution is 2.30. The number of carbonyl (C=O) groups is 1. The number of hydrogen-bond donors (Lipinski definition) is 0. The zero-order chi connectivity index (χ0) is 11.1. The SMILES string of the molecule is COc1ccc2c3c(ccc2c1)CC(=O)C3. The average Bonchev–Trinajstić information content (AvgIpc) is 2.69. The van der Waals surface area contributed by atoms with Crippen molar-refractivity contribution in [2.45, 2.75) is 12.8 Å². The molecular weight excluding hydrogens is 200 g/mol. The fourth-order valence-corrected chi connectivity index (χ4v) is 2.39. The number of ether oxygens (including phenoxy) is 1. The molecule has 1 aliphatic carbocycles. The lowest BCUT2D eigenvalue weighted by Gasteiger charge is -2.06. The van der Waals surface area contributed by atoms with Gasteiger partial charge in [0.1, 0.15) is 11.5 Å². The minimum absolute atomic E-state index is 0.318. The zero-order valence-electron chi connectivity index (χ0n) is 9.12. The van der Waals surface area contributed by atoms with Crippen molar-refractivity contribution in [2.24, 2.45) is 0 Å². The van der Waals surface area contributed by atoms with Crippen molar-refractivity contribution in [1.82, 2.24) is 0 Å². The summed E-state index contributed by atoms with van der Waals surface area (Å²) in [6.45, 7) is 0. The fraction of sp³-hybridized carbons (Fsp3) is 0.214. The van der Waals surface area contributed by atoms with Crippen LogP contribution in [0, 0.1) is 0 Å². The van der Waals surface area contributed by atoms with Crippen LogP contribution in [0.4, 0.5) is 0 Å². The third-order valence-corrected chi connectivity index (χ3v) is 3.20. The predicted octanol–water partition coefficient (Wildman–Crippen LogP) is 2.52. The number of ketones is 1. The number of hydrogen-bond acceptors (Lipinski definition) is 2. The lowest BCUT2D eigenvalue weighted by molar-refractivity contribution is -0.117. The summed E-state index contributed by atoms with van der Waals surface area (Å²) in [6.07, 6.45) is 1.18. The maximum absolute atomic E-state index is 11.4. The lowest BCUT2D eigenvalue weighted by Crippen LogP contribution is -1.92. The number of methoxy groups -OCH3 is 1. The fourth-order valence-electron chi connectivity index (χ4n) is 2.39. The summed E-state index contributed by atoms with van der Waals surface area (Å²) in [4.78, 5) is 11.4. The van der Waals surface area contributed by atoms with Crippen molar-refractivity contribution in [3.8, 4) is 5.75 Å². The summed E-state index contributed by atoms with van der Waals surface area (Å²) in [6, 6.07) is 10.1. The highest BCUT2D eigenvalue weighted by Gasteiger charge is 2.20. The molecule has 2 aromatic rings. The van der Waals surface area contributed by atoms with Crippen LogP contribution >= 0.6 is 0 Å². The first kappa shape index (κ1) is 9.40. The topological polar surface area (TPSA) is 26.3 Å². The van der Waals surface area contributed by atoms with E-state index in [-0.39, 0.29) is 0 Å². The minimum atomic E-state index is 0.318. The molecule has 0 saturated heterocycles. The second-order valence-corrected chi connectivity index (χ2v) is 4.18. The molecule has 0 amide bonds. The van der Waals surface area contributed by atoms with Gasteiger partial charge in [0.2, 0.25) is 0 Å². The molecule has 0 spiro atoms. The monoisotopic (exact) mass is 212 g/mol. The molecule has 16 heavy (non-hydrogen) atoms. The van der Waals surface area contributed by atoms with Gasteiger partial charge >= 0.3 is 0 Å². The van der Waals surface area contributed by atoms with Crippen LogP contribution in [-0.2, 0) is 17.6 Å². The summed E-state index contributed by atoms with van der Waals surface area (Å²) in [5.41, 5.74) is 2.38. The van der Waals surface area contributed by atoms with E-state index in [0.29, 0.717) is 18.6 Å². The third-order valence-electron chi connectivity index (χ3n) is 3.20. The van der Waals surface area contributed by atoms with Crippen molar-refractivity contribution in [3.63, 3.8) is 0 Å². The van der Waals surface area contributed by atoms with Gasteiger partial charge in [-0.1, -0.05) is 18.2 Å². The molecule has 2 aromatic carbocycles. The maximum atomic E-state index is 11.4. The van der Waals surface area contributed by atoms with Crippen LogP contribution in [0.3, 0.4) is 0 Å². The average molecular weight is 212 g/mol. The molecule has 2 nitrogen and oxygen atoms in total. The molecule has 0 saturated carbocycles. The third kappa shape index (κ3) is 1.30. The zero-order valence-corrected chi connectivity index (χ0v) is 9.12. The number of Topliss-reactive ketones (excluding diaryl/α,β-unsaturated/α-hetero) is 1. The van der Waals surface area contributed by atoms with Gasteiger partial charge in [-0.25, -0.2) is 0 Å². The Morgan fingerprint density at radius 1 is 1.12 bits per heavy atom. The predicted molar refractivity (Wildman–Crippen MR) is 62.9 cm³/mol. The summed E-state index contributed by atoms with van der Waals surface area (Å²) >= 11 is 0. The van der Waals surface area contributed by atoms with Gasteiger partial charge in [0.15, 0.2) is 0 Å². The summed E-state index contributed by atoms with van der Waals surface area (Å²) < 4.78 is 5.20. The first-order valence-electron chi connectivity index (χ1n) is 5.38. The van der Waals surface area contributed by atoms with Crippen molar-refractivity contribution in [1.29, 1.82) is 0 Å². The molecule has 80 valence electrons. The van der Waals surface area contributed by atoms with Crippen LogP contribution in [0.1, 0.15) is 11.1 Å². The molecule has 0 aromatic heterocycles. The highest BCUT2D eigenvalue weighted by molar-refractivity contribution is 5.97. The van der Waals surface area contributed by atoms with E-state index in [4.69, 9.17) is 4.74 Å². The van der Waals surface area contributed by atoms with Crippen LogP contribution in [0.5, 0.6) is 5.75 Å². The van der Waals surface area contributed by atoms with Crippen LogP contribution in [-0.4, -0.2) is 12.9 Å². The minimum Gasteiger partial charge on any atom is -0.497 e. The first-order chi connectivity index (χ1) is 7.78. The van der Waals surface area contributed by atoms with Gasteiger partial charge in [-0.15, -0.1) is 0 Å². The Bertz CT molecular complexity index is 585. The number of rotatable bonds is 1. The molecule has 3 rings (SSSR count). The van der Waals surface area contributed by atoms with E-state index in [0.717, 1.165) is 11.1 Å². The van der Waals surface area contributed by atoms with E-state index in [9.17, 15) is 4.79 Å². The van der Waals surface area contributed by atoms with Gasteiger partial charge in [-0.2, -0.15) is 0 Å². The van der Waals surface area contributed by atoms with E-state index in [1.165, 1.54) is 16.5 Å². The van der Waals surface area contributed by atoms with E-state index in [2.05, 4.69) is 12.1 Å². The van der Waals surface area contributed by atoms with Crippen LogP contribution in [0.2, 0.25) is 0 Å². The molecule has 0 radical (unpaired) electrons. The second kappa shape index (κ2) is 3.34. The molecule has 0 bridgehead atoms. The van der Waals surface area contributed by atoms with Gasteiger partial charge < -0.3 is 4.74 Å². The first-order valence-corrected chi connectivity index (χ1v) is 5.38. The van der Waals surface area contributed by atoms with Crippen LogP contribution < -0.4 is 4.74 Å². The van der Waals surface area contributed by atoms with E-state index >= 15 is 0 Å². The van der Waals surface area contributed by atoms with Crippen LogP contribution in [0.15, 0.2) is 30.3 Å². The lowest BCUT2D eigenvalue weighted by atomic mass is 10.0. The number of fused-ring (bicyclic) bond motifs is 3. The standard InChI is InChI=1S/C14H12O2/c1-16-12-4-5-13-10(7-12)3-2-9-6-11(15)8-14(9)13/h2-5,7H,6,8H2,1H3. The Hall–Kier alpha value is -1.83. The molecule has 0 fully saturated rings. The molecule has 1 aliphatic rings. The number of benzene rings is 2. The Kier molecular flexibility index (Phi) is 1.96. The van der Waals surface area contributed by atoms with Crippen molar-refractivity contribution < 1.29 is 9.53 Å². The molecule has 0 heterocycles. The highest BCUT2D eigenvalue weighted by atomic mass is 16.5. The Morgan fingerprint density at radius 2 is 2.00 bits per heavy atom. The second-order valence-electron chi connectivity index (χ2n) is 4.18. The maximum Gasteiger partial charge on any atom is 0.141 e. The largest absolute Gasteiger partial charge is 0.497 e. The Morgan fingerprint density at radius 3 is 2.81 bits per heavy atom. The van der Waals surface area contributed by atoms with E-state index in [1.54, 1.807) is 7.11 Å². The van der Waals surface area contributed by atoms with Crippen molar-refractivity contribution in [2.75, 3.05) is 7.11 Å². The normalized spacial score (nSPS) is 14.2. The van der Waals surface area contributed by atoms with Gasteiger partial charge in [-0.3, -0.25) is 4.79 Å². The summed E-state index contributed by atoms with van der Waals surface area (Å²) in [5, 5.41) is 2.33. The molecule has 0 unspecified atom stereocenters. The Balaban J connectivity index is 2.27. The molecule has 2 heteroatoms. The molecular formula is C14H12O2. The van der Waals surface area contributed by atoms with E-state index < -0.39 is 0 Å². The molecule has 0 N–H and O–H groups in total. The van der Waals surface area contributed by atoms with E-state index in [1.807, 2.05) is 18.2 Å². The molecule has 0 atom stereocenters. The van der Waals surface area contributed by atoms with Crippen molar-refractivity contribution in [3.05, 3.63) is 41.5 Å². The summed E-state index contributed by atoms with van der Waals surface area (Å²) in [7, 11) is 1.66. The smallest absolute Gasteiger partial charge is 0.141 e. The van der Waals surface area contributed by atoms with Gasteiger partial charge in [0, 0.05) is 12.8 Å². The van der Waals surface area contributed by atoms with Crippen molar-refractivity contribution >= 4 is 16.6 Å². The van der Waals surface area contributed by atoms with Crippen LogP contribution in [0.25, 0.3) is 10.8 Å². The molecule has 0 aliphatic heterocycles. The van der Waals surface area contributed by atoms with Gasteiger partial charge in [-0.05, 0) is 34.0 Å².